The summed E-state index contributed by atoms with van der Waals surface area (Å²) >= 11 is 0. The van der Waals surface area contributed by atoms with Crippen molar-refractivity contribution in [2.75, 3.05) is 26.3 Å². The maximum atomic E-state index is 8.93. The molecule has 0 radical (unpaired) electrons. The molecule has 0 bridgehead atoms. The van der Waals surface area contributed by atoms with Gasteiger partial charge in [-0.1, -0.05) is 0 Å². The van der Waals surface area contributed by atoms with Crippen LogP contribution < -0.4 is 0 Å². The van der Waals surface area contributed by atoms with Gasteiger partial charge in [-0.15, -0.1) is 12.3 Å². The second-order valence-corrected chi connectivity index (χ2v) is 3.44. The lowest BCUT2D eigenvalue weighted by molar-refractivity contribution is -0.0769. The van der Waals surface area contributed by atoms with Crippen LogP contribution in [0.3, 0.4) is 0 Å². The number of aliphatic hydroxyl groups is 1. The number of ether oxygens (including phenoxy) is 1. The number of nitrogens with zero attached hydrogens (tertiary/aromatic N) is 1. The van der Waals surface area contributed by atoms with Crippen LogP contribution in [-0.4, -0.2) is 48.5 Å². The lowest BCUT2D eigenvalue weighted by atomic mass is 10.2. The molecule has 3 heteroatoms. The van der Waals surface area contributed by atoms with E-state index >= 15 is 0 Å². The maximum absolute atomic E-state index is 8.93. The third-order valence-corrected chi connectivity index (χ3v) is 2.38. The Hall–Kier alpha value is -0.560. The van der Waals surface area contributed by atoms with E-state index in [4.69, 9.17) is 16.3 Å². The molecule has 2 atom stereocenters. The Morgan fingerprint density at radius 2 is 2.46 bits per heavy atom. The molecule has 0 spiro atoms. The van der Waals surface area contributed by atoms with Crippen LogP contribution in [0.25, 0.3) is 0 Å². The van der Waals surface area contributed by atoms with E-state index in [-0.39, 0.29) is 12.7 Å². The summed E-state index contributed by atoms with van der Waals surface area (Å²) in [7, 11) is 0. The molecule has 1 heterocycles. The molecule has 0 aromatic heterocycles. The molecule has 0 aromatic carbocycles. The van der Waals surface area contributed by atoms with Crippen LogP contribution in [-0.2, 0) is 4.74 Å². The molecule has 2 unspecified atom stereocenters. The van der Waals surface area contributed by atoms with E-state index in [1.54, 1.807) is 0 Å². The first-order valence-corrected chi connectivity index (χ1v) is 4.68. The van der Waals surface area contributed by atoms with Gasteiger partial charge in [-0.25, -0.2) is 0 Å². The Morgan fingerprint density at radius 1 is 1.69 bits per heavy atom. The van der Waals surface area contributed by atoms with Gasteiger partial charge < -0.3 is 9.84 Å². The van der Waals surface area contributed by atoms with Gasteiger partial charge >= 0.3 is 0 Å². The van der Waals surface area contributed by atoms with Gasteiger partial charge in [0, 0.05) is 25.6 Å². The molecule has 3 nitrogen and oxygen atoms in total. The first kappa shape index (κ1) is 10.5. The van der Waals surface area contributed by atoms with Crippen LogP contribution in [0.15, 0.2) is 0 Å². The van der Waals surface area contributed by atoms with Crippen molar-refractivity contribution in [1.29, 1.82) is 0 Å². The molecule has 1 rings (SSSR count). The highest BCUT2D eigenvalue weighted by Gasteiger charge is 2.24. The monoisotopic (exact) mass is 183 g/mol. The molecule has 0 aliphatic carbocycles. The van der Waals surface area contributed by atoms with Crippen LogP contribution in [0.4, 0.5) is 0 Å². The molecule has 1 N–H and O–H groups in total. The lowest BCUT2D eigenvalue weighted by Gasteiger charge is -2.37. The van der Waals surface area contributed by atoms with E-state index < -0.39 is 0 Å². The first-order chi connectivity index (χ1) is 6.27. The Balaban J connectivity index is 2.36. The topological polar surface area (TPSA) is 32.7 Å². The van der Waals surface area contributed by atoms with Crippen molar-refractivity contribution >= 4 is 0 Å². The zero-order valence-corrected chi connectivity index (χ0v) is 8.07. The number of morpholine rings is 1. The average Bonchev–Trinajstić information content (AvgIpc) is 2.17. The number of hydrogen-bond donors (Lipinski definition) is 1. The summed E-state index contributed by atoms with van der Waals surface area (Å²) in [6, 6.07) is 0.413. The highest BCUT2D eigenvalue weighted by molar-refractivity contribution is 4.87. The third kappa shape index (κ3) is 3.00. The summed E-state index contributed by atoms with van der Waals surface area (Å²) in [5.74, 6) is 2.62. The van der Waals surface area contributed by atoms with E-state index in [9.17, 15) is 0 Å². The summed E-state index contributed by atoms with van der Waals surface area (Å²) in [4.78, 5) is 2.27. The zero-order chi connectivity index (χ0) is 9.68. The minimum absolute atomic E-state index is 0.0334. The minimum Gasteiger partial charge on any atom is -0.394 e. The Bertz CT molecular complexity index is 188. The maximum Gasteiger partial charge on any atom is 0.0933 e. The molecular formula is C10H17NO2. The van der Waals surface area contributed by atoms with Gasteiger partial charge in [0.2, 0.25) is 0 Å². The highest BCUT2D eigenvalue weighted by atomic mass is 16.5. The summed E-state index contributed by atoms with van der Waals surface area (Å²) in [5, 5.41) is 8.93. The fourth-order valence-electron chi connectivity index (χ4n) is 1.51. The smallest absolute Gasteiger partial charge is 0.0933 e. The molecule has 0 amide bonds. The van der Waals surface area contributed by atoms with E-state index in [0.717, 1.165) is 19.5 Å². The average molecular weight is 183 g/mol. The number of rotatable bonds is 3. The van der Waals surface area contributed by atoms with Crippen LogP contribution in [0, 0.1) is 12.3 Å². The van der Waals surface area contributed by atoms with Crippen molar-refractivity contribution in [2.24, 2.45) is 0 Å². The van der Waals surface area contributed by atoms with E-state index in [1.165, 1.54) is 0 Å². The van der Waals surface area contributed by atoms with Crippen molar-refractivity contribution in [3.05, 3.63) is 0 Å². The molecule has 1 fully saturated rings. The Labute approximate surface area is 79.7 Å². The molecule has 74 valence electrons. The van der Waals surface area contributed by atoms with E-state index in [1.807, 2.05) is 0 Å². The standard InChI is InChI=1S/C10H17NO2/c1-3-4-5-11-6-10(7-12)13-8-9(11)2/h1,9-10,12H,4-8H2,2H3. The van der Waals surface area contributed by atoms with E-state index in [2.05, 4.69) is 17.7 Å². The molecule has 0 aromatic rings. The van der Waals surface area contributed by atoms with Gasteiger partial charge in [0.05, 0.1) is 19.3 Å². The third-order valence-electron chi connectivity index (χ3n) is 2.38. The summed E-state index contributed by atoms with van der Waals surface area (Å²) < 4.78 is 5.41. The molecule has 13 heavy (non-hydrogen) atoms. The van der Waals surface area contributed by atoms with Crippen molar-refractivity contribution in [1.82, 2.24) is 4.90 Å². The van der Waals surface area contributed by atoms with Gasteiger partial charge in [-0.05, 0) is 6.92 Å². The molecule has 0 saturated carbocycles. The van der Waals surface area contributed by atoms with Gasteiger partial charge in [-0.3, -0.25) is 4.90 Å². The quantitative estimate of drug-likeness (QED) is 0.629. The molecule has 1 saturated heterocycles. The predicted octanol–water partition coefficient (Wildman–Crippen LogP) is 0.0913. The van der Waals surface area contributed by atoms with Gasteiger partial charge in [0.25, 0.3) is 0 Å². The number of terminal acetylenes is 1. The fourth-order valence-corrected chi connectivity index (χ4v) is 1.51. The lowest BCUT2D eigenvalue weighted by Crippen LogP contribution is -2.49. The van der Waals surface area contributed by atoms with E-state index in [0.29, 0.717) is 12.6 Å². The normalized spacial score (nSPS) is 29.9. The minimum atomic E-state index is -0.0334. The largest absolute Gasteiger partial charge is 0.394 e. The van der Waals surface area contributed by atoms with Crippen LogP contribution >= 0.6 is 0 Å². The number of hydrogen-bond acceptors (Lipinski definition) is 3. The zero-order valence-electron chi connectivity index (χ0n) is 8.07. The number of aliphatic hydroxyl groups excluding tert-OH is 1. The SMILES string of the molecule is C#CCCN1CC(CO)OCC1C. The van der Waals surface area contributed by atoms with Crippen molar-refractivity contribution in [2.45, 2.75) is 25.5 Å². The summed E-state index contributed by atoms with van der Waals surface area (Å²) in [6.07, 6.45) is 5.93. The summed E-state index contributed by atoms with van der Waals surface area (Å²) in [5.41, 5.74) is 0. The highest BCUT2D eigenvalue weighted by Crippen LogP contribution is 2.11. The predicted molar refractivity (Wildman–Crippen MR) is 51.3 cm³/mol. The van der Waals surface area contributed by atoms with Crippen LogP contribution in [0.5, 0.6) is 0 Å². The first-order valence-electron chi connectivity index (χ1n) is 4.68. The molecule has 1 aliphatic rings. The fraction of sp³-hybridized carbons (Fsp3) is 0.800. The van der Waals surface area contributed by atoms with Crippen LogP contribution in [0.1, 0.15) is 13.3 Å². The molecule has 1 aliphatic heterocycles. The Kier molecular flexibility index (Phi) is 4.23. The van der Waals surface area contributed by atoms with Crippen LogP contribution in [0.2, 0.25) is 0 Å². The van der Waals surface area contributed by atoms with Gasteiger partial charge in [0.15, 0.2) is 0 Å². The second kappa shape index (κ2) is 5.23. The summed E-state index contributed by atoms with van der Waals surface area (Å²) in [6.45, 7) is 4.59. The Morgan fingerprint density at radius 3 is 3.08 bits per heavy atom. The van der Waals surface area contributed by atoms with Crippen molar-refractivity contribution in [3.63, 3.8) is 0 Å². The van der Waals surface area contributed by atoms with Gasteiger partial charge in [0.1, 0.15) is 0 Å². The molecular weight excluding hydrogens is 166 g/mol. The second-order valence-electron chi connectivity index (χ2n) is 3.44. The van der Waals surface area contributed by atoms with Crippen molar-refractivity contribution < 1.29 is 9.84 Å². The van der Waals surface area contributed by atoms with Crippen molar-refractivity contribution in [3.8, 4) is 12.3 Å². The van der Waals surface area contributed by atoms with Gasteiger partial charge in [-0.2, -0.15) is 0 Å².